The van der Waals surface area contributed by atoms with Gasteiger partial charge in [0.1, 0.15) is 0 Å². The minimum atomic E-state index is 0. The first-order valence-electron chi connectivity index (χ1n) is 2.82. The van der Waals surface area contributed by atoms with Gasteiger partial charge in [0.25, 0.3) is 0 Å². The molecular formula is C6H11BrZn-. The average molecular weight is 228 g/mol. The summed E-state index contributed by atoms with van der Waals surface area (Å²) in [5.74, 6) is 0. The van der Waals surface area contributed by atoms with Crippen LogP contribution in [0.15, 0.2) is 0 Å². The van der Waals surface area contributed by atoms with Crippen molar-refractivity contribution in [1.82, 2.24) is 0 Å². The van der Waals surface area contributed by atoms with E-state index in [4.69, 9.17) is 0 Å². The van der Waals surface area contributed by atoms with Gasteiger partial charge in [-0.1, -0.05) is 32.1 Å². The Labute approximate surface area is 75.0 Å². The van der Waals surface area contributed by atoms with Crippen LogP contribution in [0.25, 0.3) is 0 Å². The molecule has 0 aromatic rings. The van der Waals surface area contributed by atoms with Gasteiger partial charge in [0, 0.05) is 19.5 Å². The zero-order chi connectivity index (χ0) is 4.24. The zero-order valence-electron chi connectivity index (χ0n) is 5.20. The van der Waals surface area contributed by atoms with Crippen molar-refractivity contribution in [2.75, 3.05) is 0 Å². The van der Waals surface area contributed by atoms with Crippen molar-refractivity contribution >= 4 is 0 Å². The maximum atomic E-state index is 2.39. The molecule has 45 valence electrons. The monoisotopic (exact) mass is 226 g/mol. The van der Waals surface area contributed by atoms with Crippen LogP contribution >= 0.6 is 0 Å². The van der Waals surface area contributed by atoms with Crippen molar-refractivity contribution in [2.45, 2.75) is 32.1 Å². The van der Waals surface area contributed by atoms with Gasteiger partial charge >= 0.3 is 0 Å². The summed E-state index contributed by atoms with van der Waals surface area (Å²) in [4.78, 5) is 0. The van der Waals surface area contributed by atoms with E-state index in [2.05, 4.69) is 6.42 Å². The third-order valence-corrected chi connectivity index (χ3v) is 1.32. The minimum absolute atomic E-state index is 0. The van der Waals surface area contributed by atoms with Crippen molar-refractivity contribution < 1.29 is 36.5 Å². The first-order chi connectivity index (χ1) is 3.00. The number of halogens is 1. The van der Waals surface area contributed by atoms with E-state index in [0.29, 0.717) is 0 Å². The van der Waals surface area contributed by atoms with Crippen LogP contribution < -0.4 is 17.0 Å². The van der Waals surface area contributed by atoms with Gasteiger partial charge in [0.05, 0.1) is 0 Å². The Bertz CT molecular complexity index is 24.0. The Hall–Kier alpha value is 1.10. The molecule has 0 amide bonds. The Morgan fingerprint density at radius 2 is 1.38 bits per heavy atom. The molecule has 0 spiro atoms. The van der Waals surface area contributed by atoms with E-state index in [9.17, 15) is 0 Å². The predicted octanol–water partition coefficient (Wildman–Crippen LogP) is -0.844. The van der Waals surface area contributed by atoms with Gasteiger partial charge in [-0.15, -0.1) is 0 Å². The molecule has 1 aliphatic carbocycles. The minimum Gasteiger partial charge on any atom is -1.00 e. The molecule has 0 bridgehead atoms. The molecule has 1 fully saturated rings. The van der Waals surface area contributed by atoms with Gasteiger partial charge in [0.2, 0.25) is 0 Å². The fraction of sp³-hybridized carbons (Fsp3) is 0.833. The van der Waals surface area contributed by atoms with Gasteiger partial charge in [-0.2, -0.15) is 0 Å². The Kier molecular flexibility index (Phi) is 12.0. The molecule has 8 heavy (non-hydrogen) atoms. The van der Waals surface area contributed by atoms with Gasteiger partial charge in [0.15, 0.2) is 0 Å². The maximum Gasteiger partial charge on any atom is 0 e. The van der Waals surface area contributed by atoms with Crippen LogP contribution in [0.4, 0.5) is 0 Å². The Morgan fingerprint density at radius 3 is 1.50 bits per heavy atom. The van der Waals surface area contributed by atoms with Crippen LogP contribution in [0, 0.1) is 6.42 Å². The molecule has 0 aromatic heterocycles. The first-order valence-corrected chi connectivity index (χ1v) is 2.82. The van der Waals surface area contributed by atoms with E-state index in [1.165, 1.54) is 32.1 Å². The summed E-state index contributed by atoms with van der Waals surface area (Å²) in [5, 5.41) is 0. The van der Waals surface area contributed by atoms with Gasteiger partial charge in [-0.25, -0.2) is 0 Å². The normalized spacial score (nSPS) is 18.0. The van der Waals surface area contributed by atoms with Crippen molar-refractivity contribution in [3.63, 3.8) is 0 Å². The van der Waals surface area contributed by atoms with Crippen LogP contribution in [0.5, 0.6) is 0 Å². The molecule has 2 heteroatoms. The van der Waals surface area contributed by atoms with E-state index < -0.39 is 0 Å². The number of rotatable bonds is 0. The summed E-state index contributed by atoms with van der Waals surface area (Å²) >= 11 is 0. The third kappa shape index (κ3) is 5.24. The van der Waals surface area contributed by atoms with Crippen LogP contribution in [-0.2, 0) is 19.5 Å². The Morgan fingerprint density at radius 1 is 0.875 bits per heavy atom. The first kappa shape index (κ1) is 11.8. The van der Waals surface area contributed by atoms with Crippen molar-refractivity contribution in [3.8, 4) is 0 Å². The zero-order valence-corrected chi connectivity index (χ0v) is 9.75. The molecule has 1 saturated carbocycles. The van der Waals surface area contributed by atoms with Gasteiger partial charge in [-0.05, 0) is 6.42 Å². The summed E-state index contributed by atoms with van der Waals surface area (Å²) in [6, 6.07) is 0. The van der Waals surface area contributed by atoms with E-state index in [-0.39, 0.29) is 36.5 Å². The smallest absolute Gasteiger partial charge is 0 e. The fourth-order valence-electron chi connectivity index (χ4n) is 0.898. The van der Waals surface area contributed by atoms with Crippen LogP contribution in [0.3, 0.4) is 0 Å². The summed E-state index contributed by atoms with van der Waals surface area (Å²) in [6.45, 7) is 0. The molecular weight excluding hydrogens is 217 g/mol. The summed E-state index contributed by atoms with van der Waals surface area (Å²) in [5.41, 5.74) is 0. The molecule has 0 N–H and O–H groups in total. The summed E-state index contributed by atoms with van der Waals surface area (Å²) in [7, 11) is 0. The second-order valence-corrected chi connectivity index (χ2v) is 1.93. The maximum absolute atomic E-state index is 2.39. The van der Waals surface area contributed by atoms with E-state index in [1.807, 2.05) is 0 Å². The van der Waals surface area contributed by atoms with E-state index in [1.54, 1.807) is 0 Å². The second-order valence-electron chi connectivity index (χ2n) is 1.93. The molecule has 1 radical (unpaired) electrons. The van der Waals surface area contributed by atoms with Gasteiger partial charge in [-0.3, -0.25) is 0 Å². The molecule has 0 aromatic carbocycles. The fourth-order valence-corrected chi connectivity index (χ4v) is 0.898. The van der Waals surface area contributed by atoms with Crippen LogP contribution in [0.1, 0.15) is 32.1 Å². The SMILES string of the molecule is [Br-].[CH]1CCCCC1.[Zn]. The summed E-state index contributed by atoms with van der Waals surface area (Å²) < 4.78 is 0. The summed E-state index contributed by atoms with van der Waals surface area (Å²) in [6.07, 6.45) is 9.50. The molecule has 1 rings (SSSR count). The van der Waals surface area contributed by atoms with Crippen LogP contribution in [0.2, 0.25) is 0 Å². The Balaban J connectivity index is 0. The molecule has 1 aliphatic rings. The molecule has 0 heterocycles. The average Bonchev–Trinajstić information content (AvgIpc) is 1.72. The predicted molar refractivity (Wildman–Crippen MR) is 27.4 cm³/mol. The second kappa shape index (κ2) is 8.10. The van der Waals surface area contributed by atoms with E-state index >= 15 is 0 Å². The third-order valence-electron chi connectivity index (χ3n) is 1.32. The topological polar surface area (TPSA) is 0 Å². The standard InChI is InChI=1S/C6H11.BrH.Zn/c1-2-4-6-5-3-1;;/h1H,2-6H2;1H;/p-1. The van der Waals surface area contributed by atoms with Crippen LogP contribution in [-0.4, -0.2) is 0 Å². The quantitative estimate of drug-likeness (QED) is 0.474. The molecule has 0 aliphatic heterocycles. The molecule has 0 nitrogen and oxygen atoms in total. The molecule has 0 unspecified atom stereocenters. The molecule has 0 atom stereocenters. The van der Waals surface area contributed by atoms with Crippen molar-refractivity contribution in [3.05, 3.63) is 6.42 Å². The number of hydrogen-bond donors (Lipinski definition) is 0. The largest absolute Gasteiger partial charge is 1.00 e. The van der Waals surface area contributed by atoms with E-state index in [0.717, 1.165) is 0 Å². The van der Waals surface area contributed by atoms with Gasteiger partial charge < -0.3 is 17.0 Å². The molecule has 0 saturated heterocycles. The van der Waals surface area contributed by atoms with Crippen molar-refractivity contribution in [1.29, 1.82) is 0 Å². The van der Waals surface area contributed by atoms with Crippen molar-refractivity contribution in [2.24, 2.45) is 0 Å². The number of hydrogen-bond acceptors (Lipinski definition) is 0.